The van der Waals surface area contributed by atoms with Gasteiger partial charge in [-0.1, -0.05) is 17.7 Å². The van der Waals surface area contributed by atoms with Gasteiger partial charge >= 0.3 is 0 Å². The van der Waals surface area contributed by atoms with Crippen LogP contribution >= 0.6 is 11.3 Å². The summed E-state index contributed by atoms with van der Waals surface area (Å²) < 4.78 is 0. The van der Waals surface area contributed by atoms with Gasteiger partial charge in [-0.15, -0.1) is 11.3 Å². The molecule has 0 aliphatic heterocycles. The topological polar surface area (TPSA) is 68.0 Å². The number of aromatic nitrogens is 1. The number of hydrogen-bond acceptors (Lipinski definition) is 4. The van der Waals surface area contributed by atoms with E-state index in [4.69, 9.17) is 5.73 Å². The first kappa shape index (κ1) is 15.2. The van der Waals surface area contributed by atoms with Gasteiger partial charge in [-0.25, -0.2) is 4.98 Å². The molecule has 116 valence electrons. The van der Waals surface area contributed by atoms with Gasteiger partial charge in [-0.3, -0.25) is 10.1 Å². The van der Waals surface area contributed by atoms with Crippen molar-refractivity contribution in [1.82, 2.24) is 4.98 Å². The Morgan fingerprint density at radius 1 is 1.32 bits per heavy atom. The Morgan fingerprint density at radius 2 is 2.00 bits per heavy atom. The first-order valence-electron chi connectivity index (χ1n) is 7.57. The first-order valence-corrected chi connectivity index (χ1v) is 8.39. The predicted molar refractivity (Wildman–Crippen MR) is 90.7 cm³/mol. The number of carbonyl (C=O) groups excluding carboxylic acids is 1. The van der Waals surface area contributed by atoms with Crippen molar-refractivity contribution in [3.8, 4) is 0 Å². The summed E-state index contributed by atoms with van der Waals surface area (Å²) in [4.78, 5) is 18.3. The molecule has 0 saturated carbocycles. The molecule has 0 bridgehead atoms. The van der Waals surface area contributed by atoms with Crippen LogP contribution in [0.3, 0.4) is 0 Å². The van der Waals surface area contributed by atoms with E-state index >= 15 is 0 Å². The van der Waals surface area contributed by atoms with Crippen molar-refractivity contribution in [3.63, 3.8) is 0 Å². The second kappa shape index (κ2) is 5.82. The van der Waals surface area contributed by atoms with Crippen LogP contribution < -0.4 is 11.1 Å². The molecule has 1 aliphatic carbocycles. The number of amides is 1. The molecule has 0 spiro atoms. The van der Waals surface area contributed by atoms with Gasteiger partial charge in [0.2, 0.25) is 0 Å². The molecule has 1 heterocycles. The molecule has 3 rings (SSSR count). The van der Waals surface area contributed by atoms with Crippen molar-refractivity contribution in [2.45, 2.75) is 46.1 Å². The maximum atomic E-state index is 12.6. The zero-order chi connectivity index (χ0) is 15.9. The van der Waals surface area contributed by atoms with Gasteiger partial charge in [0.25, 0.3) is 5.91 Å². The van der Waals surface area contributed by atoms with Crippen molar-refractivity contribution >= 4 is 22.4 Å². The van der Waals surface area contributed by atoms with E-state index in [0.717, 1.165) is 41.6 Å². The quantitative estimate of drug-likeness (QED) is 0.894. The molecule has 0 fully saturated rings. The molecule has 5 heteroatoms. The number of anilines is 1. The number of benzene rings is 1. The Hall–Kier alpha value is -1.72. The predicted octanol–water partition coefficient (Wildman–Crippen LogP) is 3.14. The second-order valence-electron chi connectivity index (χ2n) is 6.12. The number of aryl methyl sites for hydroxylation is 4. The number of nitrogens with one attached hydrogen (secondary N) is 1. The van der Waals surface area contributed by atoms with Crippen LogP contribution in [0.1, 0.15) is 44.0 Å². The Labute approximate surface area is 134 Å². The molecule has 22 heavy (non-hydrogen) atoms. The highest BCUT2D eigenvalue weighted by atomic mass is 32.1. The Bertz CT molecular complexity index is 712. The number of nitrogens with zero attached hydrogens (tertiary/aromatic N) is 1. The highest BCUT2D eigenvalue weighted by molar-refractivity contribution is 7.15. The monoisotopic (exact) mass is 315 g/mol. The number of carbonyl (C=O) groups is 1. The fourth-order valence-electron chi connectivity index (χ4n) is 3.15. The van der Waals surface area contributed by atoms with Crippen LogP contribution in [0.15, 0.2) is 12.1 Å². The molecule has 1 aromatic carbocycles. The molecule has 0 unspecified atom stereocenters. The van der Waals surface area contributed by atoms with Crippen molar-refractivity contribution < 1.29 is 4.79 Å². The first-order chi connectivity index (χ1) is 10.4. The molecule has 0 saturated heterocycles. The van der Waals surface area contributed by atoms with E-state index in [2.05, 4.69) is 10.3 Å². The van der Waals surface area contributed by atoms with E-state index in [0.29, 0.717) is 5.13 Å². The number of thiazole rings is 1. The Kier molecular flexibility index (Phi) is 4.02. The highest BCUT2D eigenvalue weighted by Crippen LogP contribution is 2.30. The van der Waals surface area contributed by atoms with Crippen LogP contribution in [0.5, 0.6) is 0 Å². The molecule has 0 radical (unpaired) electrons. The number of hydrogen-bond donors (Lipinski definition) is 2. The minimum Gasteiger partial charge on any atom is -0.327 e. The molecular weight excluding hydrogens is 294 g/mol. The van der Waals surface area contributed by atoms with E-state index in [9.17, 15) is 4.79 Å². The van der Waals surface area contributed by atoms with Crippen LogP contribution in [0.4, 0.5) is 5.13 Å². The molecule has 1 aromatic heterocycles. The third-order valence-electron chi connectivity index (χ3n) is 4.10. The van der Waals surface area contributed by atoms with E-state index in [1.807, 2.05) is 32.9 Å². The number of rotatable bonds is 2. The summed E-state index contributed by atoms with van der Waals surface area (Å²) in [6.45, 7) is 5.99. The molecule has 2 aromatic rings. The summed E-state index contributed by atoms with van der Waals surface area (Å²) in [6.07, 6.45) is 2.75. The van der Waals surface area contributed by atoms with Crippen molar-refractivity contribution in [2.75, 3.05) is 5.32 Å². The van der Waals surface area contributed by atoms with E-state index in [1.165, 1.54) is 10.4 Å². The van der Waals surface area contributed by atoms with E-state index in [-0.39, 0.29) is 11.9 Å². The minimum atomic E-state index is -0.0783. The van der Waals surface area contributed by atoms with Crippen LogP contribution in [-0.2, 0) is 12.8 Å². The lowest BCUT2D eigenvalue weighted by Gasteiger charge is -2.15. The molecule has 1 aliphatic rings. The van der Waals surface area contributed by atoms with Crippen molar-refractivity contribution in [1.29, 1.82) is 0 Å². The Morgan fingerprint density at radius 3 is 2.68 bits per heavy atom. The zero-order valence-corrected chi connectivity index (χ0v) is 14.0. The van der Waals surface area contributed by atoms with Gasteiger partial charge in [-0.2, -0.15) is 0 Å². The third-order valence-corrected chi connectivity index (χ3v) is 5.14. The molecule has 1 amide bonds. The highest BCUT2D eigenvalue weighted by Gasteiger charge is 2.21. The van der Waals surface area contributed by atoms with Crippen LogP contribution in [0, 0.1) is 20.8 Å². The third kappa shape index (κ3) is 2.91. The van der Waals surface area contributed by atoms with Crippen LogP contribution in [0.2, 0.25) is 0 Å². The van der Waals surface area contributed by atoms with Gasteiger partial charge < -0.3 is 5.73 Å². The fraction of sp³-hybridized carbons (Fsp3) is 0.412. The van der Waals surface area contributed by atoms with Gasteiger partial charge in [0, 0.05) is 16.5 Å². The maximum absolute atomic E-state index is 12.6. The van der Waals surface area contributed by atoms with Crippen LogP contribution in [0.25, 0.3) is 0 Å². The molecule has 4 nitrogen and oxygen atoms in total. The normalized spacial score (nSPS) is 17.2. The summed E-state index contributed by atoms with van der Waals surface area (Å²) in [6, 6.07) is 4.29. The standard InChI is InChI=1S/C17H21N3OS/c1-9-6-10(2)15(11(3)7-9)16(21)20-17-19-13-5-4-12(18)8-14(13)22-17/h6-7,12H,4-5,8,18H2,1-3H3,(H,19,20,21)/t12-/m0/s1. The number of nitrogens with two attached hydrogens (primary N) is 1. The maximum Gasteiger partial charge on any atom is 0.257 e. The zero-order valence-electron chi connectivity index (χ0n) is 13.2. The lowest BCUT2D eigenvalue weighted by Crippen LogP contribution is -2.27. The van der Waals surface area contributed by atoms with Gasteiger partial charge in [0.1, 0.15) is 0 Å². The second-order valence-corrected chi connectivity index (χ2v) is 7.20. The Balaban J connectivity index is 1.83. The van der Waals surface area contributed by atoms with E-state index < -0.39 is 0 Å². The van der Waals surface area contributed by atoms with Crippen molar-refractivity contribution in [2.24, 2.45) is 5.73 Å². The molecule has 1 atom stereocenters. The summed E-state index contributed by atoms with van der Waals surface area (Å²) in [5.41, 5.74) is 11.0. The molecular formula is C17H21N3OS. The minimum absolute atomic E-state index is 0.0783. The van der Waals surface area contributed by atoms with Gasteiger partial charge in [0.05, 0.1) is 5.69 Å². The van der Waals surface area contributed by atoms with E-state index in [1.54, 1.807) is 11.3 Å². The summed E-state index contributed by atoms with van der Waals surface area (Å²) in [5, 5.41) is 3.64. The van der Waals surface area contributed by atoms with Gasteiger partial charge in [-0.05, 0) is 51.2 Å². The summed E-state index contributed by atoms with van der Waals surface area (Å²) >= 11 is 1.55. The lowest BCUT2D eigenvalue weighted by molar-refractivity contribution is 0.102. The number of fused-ring (bicyclic) bond motifs is 1. The van der Waals surface area contributed by atoms with Crippen LogP contribution in [-0.4, -0.2) is 16.9 Å². The lowest BCUT2D eigenvalue weighted by atomic mass is 9.99. The fourth-order valence-corrected chi connectivity index (χ4v) is 4.25. The van der Waals surface area contributed by atoms with Gasteiger partial charge in [0.15, 0.2) is 5.13 Å². The average molecular weight is 315 g/mol. The SMILES string of the molecule is Cc1cc(C)c(C(=O)Nc2nc3c(s2)C[C@@H](N)CC3)c(C)c1. The smallest absolute Gasteiger partial charge is 0.257 e. The largest absolute Gasteiger partial charge is 0.327 e. The summed E-state index contributed by atoms with van der Waals surface area (Å²) in [7, 11) is 0. The van der Waals surface area contributed by atoms with Crippen molar-refractivity contribution in [3.05, 3.63) is 45.0 Å². The summed E-state index contributed by atoms with van der Waals surface area (Å²) in [5.74, 6) is -0.0783. The average Bonchev–Trinajstić information content (AvgIpc) is 2.78. The molecule has 3 N–H and O–H groups in total.